The van der Waals surface area contributed by atoms with Crippen LogP contribution in [0, 0.1) is 35.4 Å². The number of ketones is 1. The number of nitrogens with one attached hydrogen (secondary N) is 1. The van der Waals surface area contributed by atoms with Crippen molar-refractivity contribution in [2.45, 2.75) is 52.1 Å². The molecule has 0 saturated heterocycles. The average molecular weight is 592 g/mol. The van der Waals surface area contributed by atoms with Gasteiger partial charge in [0.25, 0.3) is 5.91 Å². The number of halogens is 4. The van der Waals surface area contributed by atoms with E-state index in [9.17, 15) is 28.0 Å². The molecule has 0 radical (unpaired) electrons. The zero-order valence-electron chi connectivity index (χ0n) is 23.9. The van der Waals surface area contributed by atoms with E-state index in [1.54, 1.807) is 19.1 Å². The molecule has 1 fully saturated rings. The molecule has 0 bridgehead atoms. The highest BCUT2D eigenvalue weighted by molar-refractivity contribution is 6.11. The minimum atomic E-state index is -4.52. The molecule has 4 aromatic rings. The van der Waals surface area contributed by atoms with Gasteiger partial charge in [0.15, 0.2) is 5.78 Å². The number of carbonyl (C=O) groups excluding carboxylic acids is 2. The number of furan rings is 1. The fourth-order valence-corrected chi connectivity index (χ4v) is 5.34. The van der Waals surface area contributed by atoms with Gasteiger partial charge in [0.05, 0.1) is 28.1 Å². The van der Waals surface area contributed by atoms with E-state index in [4.69, 9.17) is 4.42 Å². The van der Waals surface area contributed by atoms with E-state index in [0.29, 0.717) is 5.56 Å². The van der Waals surface area contributed by atoms with Crippen molar-refractivity contribution in [3.05, 3.63) is 76.7 Å². The summed E-state index contributed by atoms with van der Waals surface area (Å²) in [6, 6.07) is 14.4. The standard InChI is InChI=1S/C33H29F4N3O3/c1-18-4-6-19(7-5-18)29-28(30(42)39-3)24-15-23(26(40-31(24)43-29)12-13-33(35,36)37)22-14-20(8-11-25(22)34)27(41)16-32(2,17-38)21-9-10-21/h4-8,11,14-15,21H,9-10,12-13,16H2,1-3H3,(H,39,42). The molecule has 0 aliphatic heterocycles. The van der Waals surface area contributed by atoms with Crippen molar-refractivity contribution in [2.24, 2.45) is 11.3 Å². The Hall–Kier alpha value is -4.52. The smallest absolute Gasteiger partial charge is 0.389 e. The fraction of sp³-hybridized carbons (Fsp3) is 0.333. The Bertz CT molecular complexity index is 1770. The Morgan fingerprint density at radius 3 is 2.40 bits per heavy atom. The van der Waals surface area contributed by atoms with Crippen molar-refractivity contribution in [1.82, 2.24) is 10.3 Å². The molecule has 1 N–H and O–H groups in total. The number of benzene rings is 2. The molecular formula is C33H29F4N3O3. The first-order valence-corrected chi connectivity index (χ1v) is 13.9. The second-order valence-corrected chi connectivity index (χ2v) is 11.3. The quantitative estimate of drug-likeness (QED) is 0.157. The van der Waals surface area contributed by atoms with Crippen LogP contribution in [0.1, 0.15) is 64.6 Å². The Balaban J connectivity index is 1.68. The van der Waals surface area contributed by atoms with Crippen molar-refractivity contribution in [2.75, 3.05) is 7.05 Å². The summed E-state index contributed by atoms with van der Waals surface area (Å²) in [4.78, 5) is 30.7. The number of hydrogen-bond donors (Lipinski definition) is 1. The molecule has 1 atom stereocenters. The third-order valence-corrected chi connectivity index (χ3v) is 8.01. The van der Waals surface area contributed by atoms with E-state index in [0.717, 1.165) is 24.5 Å². The Morgan fingerprint density at radius 1 is 1.09 bits per heavy atom. The molecule has 222 valence electrons. The topological polar surface area (TPSA) is 96.0 Å². The lowest BCUT2D eigenvalue weighted by Gasteiger charge is -2.20. The maximum absolute atomic E-state index is 15.4. The number of aromatic nitrogens is 1. The number of amides is 1. The van der Waals surface area contributed by atoms with Crippen molar-refractivity contribution < 1.29 is 31.6 Å². The molecule has 43 heavy (non-hydrogen) atoms. The predicted octanol–water partition coefficient (Wildman–Crippen LogP) is 7.98. The van der Waals surface area contributed by atoms with Crippen molar-refractivity contribution in [3.63, 3.8) is 0 Å². The Kier molecular flexibility index (Phi) is 7.86. The van der Waals surface area contributed by atoms with Gasteiger partial charge >= 0.3 is 6.18 Å². The number of aryl methyl sites for hydroxylation is 2. The number of hydrogen-bond acceptors (Lipinski definition) is 5. The normalized spacial score (nSPS) is 14.7. The van der Waals surface area contributed by atoms with Crippen LogP contribution >= 0.6 is 0 Å². The summed E-state index contributed by atoms with van der Waals surface area (Å²) in [7, 11) is 1.43. The third kappa shape index (κ3) is 6.17. The largest absolute Gasteiger partial charge is 0.437 e. The minimum Gasteiger partial charge on any atom is -0.437 e. The summed E-state index contributed by atoms with van der Waals surface area (Å²) < 4.78 is 61.4. The van der Waals surface area contributed by atoms with Crippen molar-refractivity contribution >= 4 is 22.8 Å². The summed E-state index contributed by atoms with van der Waals surface area (Å²) in [6.45, 7) is 3.62. The van der Waals surface area contributed by atoms with Crippen LogP contribution in [-0.2, 0) is 6.42 Å². The lowest BCUT2D eigenvalue weighted by Crippen LogP contribution is -2.21. The van der Waals surface area contributed by atoms with Crippen LogP contribution in [0.15, 0.2) is 52.9 Å². The van der Waals surface area contributed by atoms with Crippen LogP contribution in [-0.4, -0.2) is 29.9 Å². The van der Waals surface area contributed by atoms with Gasteiger partial charge in [0, 0.05) is 42.1 Å². The van der Waals surface area contributed by atoms with E-state index in [1.807, 2.05) is 19.1 Å². The molecule has 2 heterocycles. The van der Waals surface area contributed by atoms with E-state index in [1.165, 1.54) is 25.2 Å². The van der Waals surface area contributed by atoms with Gasteiger partial charge < -0.3 is 9.73 Å². The second-order valence-electron chi connectivity index (χ2n) is 11.3. The van der Waals surface area contributed by atoms with Gasteiger partial charge in [-0.1, -0.05) is 29.8 Å². The maximum atomic E-state index is 15.4. The Morgan fingerprint density at radius 2 is 1.79 bits per heavy atom. The van der Waals surface area contributed by atoms with E-state index in [2.05, 4.69) is 16.4 Å². The molecule has 1 aliphatic carbocycles. The molecule has 1 saturated carbocycles. The third-order valence-electron chi connectivity index (χ3n) is 8.01. The van der Waals surface area contributed by atoms with Crippen LogP contribution in [0.3, 0.4) is 0 Å². The number of alkyl halides is 3. The van der Waals surface area contributed by atoms with Gasteiger partial charge in [0.2, 0.25) is 5.71 Å². The molecule has 2 aromatic carbocycles. The summed E-state index contributed by atoms with van der Waals surface area (Å²) in [5.41, 5.74) is 0.578. The SMILES string of the molecule is CNC(=O)c1c(-c2ccc(C)cc2)oc2nc(CCC(F)(F)F)c(-c3cc(C(=O)CC(C)(C#N)C4CC4)ccc3F)cc12. The van der Waals surface area contributed by atoms with Crippen LogP contribution in [0.4, 0.5) is 17.6 Å². The van der Waals surface area contributed by atoms with Crippen LogP contribution < -0.4 is 5.32 Å². The molecule has 10 heteroatoms. The first kappa shape index (κ1) is 30.0. The highest BCUT2D eigenvalue weighted by Crippen LogP contribution is 2.48. The lowest BCUT2D eigenvalue weighted by molar-refractivity contribution is -0.134. The number of rotatable bonds is 9. The van der Waals surface area contributed by atoms with Gasteiger partial charge in [-0.05, 0) is 63.3 Å². The van der Waals surface area contributed by atoms with Crippen LogP contribution in [0.5, 0.6) is 0 Å². The summed E-state index contributed by atoms with van der Waals surface area (Å²) in [5.74, 6) is -1.40. The highest BCUT2D eigenvalue weighted by atomic mass is 19.4. The van der Waals surface area contributed by atoms with Gasteiger partial charge in [-0.25, -0.2) is 9.37 Å². The van der Waals surface area contributed by atoms with Crippen LogP contribution in [0.2, 0.25) is 0 Å². The van der Waals surface area contributed by atoms with Gasteiger partial charge in [0.1, 0.15) is 11.6 Å². The number of nitriles is 1. The first-order valence-electron chi connectivity index (χ1n) is 13.9. The molecule has 6 nitrogen and oxygen atoms in total. The Labute approximate surface area is 245 Å². The van der Waals surface area contributed by atoms with E-state index in [-0.39, 0.29) is 62.9 Å². The first-order chi connectivity index (χ1) is 20.3. The average Bonchev–Trinajstić information content (AvgIpc) is 3.77. The second kappa shape index (κ2) is 11.3. The summed E-state index contributed by atoms with van der Waals surface area (Å²) in [6.07, 6.45) is -4.70. The molecule has 1 unspecified atom stereocenters. The molecule has 1 aliphatic rings. The molecule has 1 amide bonds. The van der Waals surface area contributed by atoms with E-state index >= 15 is 4.39 Å². The number of carbonyl (C=O) groups is 2. The van der Waals surface area contributed by atoms with E-state index < -0.39 is 36.2 Å². The number of pyridine rings is 1. The number of fused-ring (bicyclic) bond motifs is 1. The highest BCUT2D eigenvalue weighted by Gasteiger charge is 2.43. The van der Waals surface area contributed by atoms with Gasteiger partial charge in [-0.15, -0.1) is 0 Å². The van der Waals surface area contributed by atoms with Crippen molar-refractivity contribution in [1.29, 1.82) is 5.26 Å². The molecular weight excluding hydrogens is 562 g/mol. The number of Topliss-reactive ketones (excluding diaryl/α,β-unsaturated/α-hetero) is 1. The van der Waals surface area contributed by atoms with Gasteiger partial charge in [-0.2, -0.15) is 18.4 Å². The minimum absolute atomic E-state index is 0.00977. The summed E-state index contributed by atoms with van der Waals surface area (Å²) in [5, 5.41) is 12.5. The number of nitrogens with zero attached hydrogens (tertiary/aromatic N) is 2. The van der Waals surface area contributed by atoms with Gasteiger partial charge in [-0.3, -0.25) is 9.59 Å². The molecule has 0 spiro atoms. The summed E-state index contributed by atoms with van der Waals surface area (Å²) >= 11 is 0. The predicted molar refractivity (Wildman–Crippen MR) is 153 cm³/mol. The van der Waals surface area contributed by atoms with Crippen molar-refractivity contribution in [3.8, 4) is 28.5 Å². The van der Waals surface area contributed by atoms with Crippen LogP contribution in [0.25, 0.3) is 33.6 Å². The zero-order chi connectivity index (χ0) is 31.1. The maximum Gasteiger partial charge on any atom is 0.389 e. The monoisotopic (exact) mass is 591 g/mol. The molecule has 5 rings (SSSR count). The molecule has 2 aromatic heterocycles. The fourth-order valence-electron chi connectivity index (χ4n) is 5.34. The zero-order valence-corrected chi connectivity index (χ0v) is 23.9. The lowest BCUT2D eigenvalue weighted by atomic mass is 9.80.